The minimum absolute atomic E-state index is 0.0142. The SMILES string of the molecule is CN1C(=O)[C@@H](NC(=O)c2n[nH]c(Cc3ccccc3)n2)CSc2cnc(NC(=O)CCC(F)(F)F)cc21. The number of alkyl halides is 3. The molecule has 1 aliphatic rings. The topological polar surface area (TPSA) is 133 Å². The smallest absolute Gasteiger partial charge is 0.337 e. The lowest BCUT2D eigenvalue weighted by atomic mass is 10.1. The number of amides is 3. The number of anilines is 2. The Balaban J connectivity index is 1.39. The Bertz CT molecular complexity index is 1300. The molecule has 1 aliphatic heterocycles. The molecule has 4 rings (SSSR count). The predicted octanol–water partition coefficient (Wildman–Crippen LogP) is 2.94. The van der Waals surface area contributed by atoms with Gasteiger partial charge in [-0.3, -0.25) is 19.5 Å². The van der Waals surface area contributed by atoms with E-state index in [0.29, 0.717) is 22.8 Å². The van der Waals surface area contributed by atoms with Crippen molar-refractivity contribution in [2.24, 2.45) is 0 Å². The quantitative estimate of drug-likeness (QED) is 0.425. The molecule has 3 aromatic rings. The molecule has 1 aromatic carbocycles. The van der Waals surface area contributed by atoms with Crippen LogP contribution in [0.3, 0.4) is 0 Å². The first-order valence-electron chi connectivity index (χ1n) is 11.1. The predicted molar refractivity (Wildman–Crippen MR) is 129 cm³/mol. The highest BCUT2D eigenvalue weighted by Gasteiger charge is 2.32. The summed E-state index contributed by atoms with van der Waals surface area (Å²) in [4.78, 5) is 47.9. The Hall–Kier alpha value is -3.94. The fraction of sp³-hybridized carbons (Fsp3) is 0.304. The summed E-state index contributed by atoms with van der Waals surface area (Å²) in [5, 5.41) is 11.7. The molecule has 194 valence electrons. The van der Waals surface area contributed by atoms with Crippen LogP contribution in [0.15, 0.2) is 47.5 Å². The van der Waals surface area contributed by atoms with Crippen molar-refractivity contribution in [2.75, 3.05) is 23.0 Å². The number of fused-ring (bicyclic) bond motifs is 1. The van der Waals surface area contributed by atoms with Gasteiger partial charge >= 0.3 is 6.18 Å². The lowest BCUT2D eigenvalue weighted by Gasteiger charge is -2.21. The number of pyridine rings is 1. The Labute approximate surface area is 213 Å². The van der Waals surface area contributed by atoms with Gasteiger partial charge in [-0.1, -0.05) is 30.3 Å². The van der Waals surface area contributed by atoms with Crippen LogP contribution in [0.5, 0.6) is 0 Å². The maximum absolute atomic E-state index is 13.1. The third kappa shape index (κ3) is 6.84. The molecule has 0 fully saturated rings. The first-order valence-corrected chi connectivity index (χ1v) is 12.1. The van der Waals surface area contributed by atoms with E-state index in [0.717, 1.165) is 5.56 Å². The summed E-state index contributed by atoms with van der Waals surface area (Å²) in [6.07, 6.45) is -4.57. The second-order valence-electron chi connectivity index (χ2n) is 8.20. The number of benzene rings is 1. The number of halogens is 3. The lowest BCUT2D eigenvalue weighted by molar-refractivity contribution is -0.142. The molecule has 1 atom stereocenters. The number of H-pyrrole nitrogens is 1. The molecule has 10 nitrogen and oxygen atoms in total. The second-order valence-corrected chi connectivity index (χ2v) is 9.26. The number of nitrogens with zero attached hydrogens (tertiary/aromatic N) is 4. The van der Waals surface area contributed by atoms with Gasteiger partial charge in [0.25, 0.3) is 5.91 Å². The van der Waals surface area contributed by atoms with E-state index in [2.05, 4.69) is 30.8 Å². The van der Waals surface area contributed by atoms with Crippen molar-refractivity contribution in [1.29, 1.82) is 0 Å². The van der Waals surface area contributed by atoms with Crippen LogP contribution < -0.4 is 15.5 Å². The van der Waals surface area contributed by atoms with Crippen molar-refractivity contribution in [1.82, 2.24) is 25.5 Å². The monoisotopic (exact) mass is 533 g/mol. The van der Waals surface area contributed by atoms with E-state index in [1.165, 1.54) is 36.0 Å². The van der Waals surface area contributed by atoms with Gasteiger partial charge in [-0.15, -0.1) is 16.9 Å². The van der Waals surface area contributed by atoms with Crippen molar-refractivity contribution in [2.45, 2.75) is 36.4 Å². The number of aromatic amines is 1. The number of nitrogens with one attached hydrogen (secondary N) is 3. The lowest BCUT2D eigenvalue weighted by Crippen LogP contribution is -2.48. The van der Waals surface area contributed by atoms with Crippen molar-refractivity contribution in [3.63, 3.8) is 0 Å². The van der Waals surface area contributed by atoms with Gasteiger partial charge in [0.2, 0.25) is 17.6 Å². The number of thioether (sulfide) groups is 1. The molecule has 0 aliphatic carbocycles. The van der Waals surface area contributed by atoms with Crippen LogP contribution in [0, 0.1) is 0 Å². The normalized spacial score (nSPS) is 15.6. The minimum atomic E-state index is -4.45. The van der Waals surface area contributed by atoms with E-state index in [4.69, 9.17) is 0 Å². The zero-order valence-corrected chi connectivity index (χ0v) is 20.3. The van der Waals surface area contributed by atoms with Gasteiger partial charge in [-0.25, -0.2) is 9.97 Å². The number of aromatic nitrogens is 4. The number of carbonyl (C=O) groups excluding carboxylic acids is 3. The summed E-state index contributed by atoms with van der Waals surface area (Å²) in [5.74, 6) is -1.28. The highest BCUT2D eigenvalue weighted by Crippen LogP contribution is 2.34. The van der Waals surface area contributed by atoms with Crippen molar-refractivity contribution >= 4 is 41.0 Å². The number of rotatable bonds is 7. The van der Waals surface area contributed by atoms with Gasteiger partial charge in [0.15, 0.2) is 0 Å². The highest BCUT2D eigenvalue weighted by atomic mass is 32.2. The van der Waals surface area contributed by atoms with Crippen molar-refractivity contribution < 1.29 is 27.6 Å². The Kier molecular flexibility index (Phi) is 7.76. The summed E-state index contributed by atoms with van der Waals surface area (Å²) in [5.41, 5.74) is 1.39. The van der Waals surface area contributed by atoms with E-state index in [1.54, 1.807) is 0 Å². The van der Waals surface area contributed by atoms with Gasteiger partial charge in [-0.2, -0.15) is 13.2 Å². The molecule has 0 saturated heterocycles. The fourth-order valence-corrected chi connectivity index (χ4v) is 4.57. The minimum Gasteiger partial charge on any atom is -0.337 e. The molecule has 3 heterocycles. The third-order valence-electron chi connectivity index (χ3n) is 5.40. The van der Waals surface area contributed by atoms with E-state index < -0.39 is 42.8 Å². The standard InChI is InChI=1S/C23H22F3N7O3S/c1-33-15-10-17(29-19(34)7-8-23(24,25)26)27-11-16(15)37-12-14(22(33)36)28-21(35)20-30-18(31-32-20)9-13-5-3-2-4-6-13/h2-6,10-11,14H,7-9,12H2,1H3,(H,28,35)(H,27,29,34)(H,30,31,32)/t14-/m0/s1. The summed E-state index contributed by atoms with van der Waals surface area (Å²) in [6, 6.07) is 10.0. The zero-order chi connectivity index (χ0) is 26.6. The first-order chi connectivity index (χ1) is 17.6. The van der Waals surface area contributed by atoms with Crippen LogP contribution in [0.25, 0.3) is 0 Å². The molecular formula is C23H22F3N7O3S. The summed E-state index contributed by atoms with van der Waals surface area (Å²) in [7, 11) is 1.49. The van der Waals surface area contributed by atoms with Crippen LogP contribution >= 0.6 is 11.8 Å². The second kappa shape index (κ2) is 11.0. The van der Waals surface area contributed by atoms with E-state index in [9.17, 15) is 27.6 Å². The number of carbonyl (C=O) groups is 3. The molecule has 3 amide bonds. The molecule has 37 heavy (non-hydrogen) atoms. The van der Waals surface area contributed by atoms with Gasteiger partial charge < -0.3 is 15.5 Å². The van der Waals surface area contributed by atoms with Crippen LogP contribution in [0.4, 0.5) is 24.7 Å². The maximum atomic E-state index is 13.1. The molecule has 0 saturated carbocycles. The first kappa shape index (κ1) is 26.1. The van der Waals surface area contributed by atoms with Gasteiger partial charge in [0.05, 0.1) is 12.1 Å². The number of hydrogen-bond donors (Lipinski definition) is 3. The fourth-order valence-electron chi connectivity index (χ4n) is 3.52. The Morgan fingerprint density at radius 2 is 2.00 bits per heavy atom. The molecule has 0 bridgehead atoms. The van der Waals surface area contributed by atoms with E-state index >= 15 is 0 Å². The number of likely N-dealkylation sites (N-methyl/N-ethyl adjacent to an activating group) is 1. The number of hydrogen-bond acceptors (Lipinski definition) is 7. The molecule has 0 spiro atoms. The average molecular weight is 534 g/mol. The van der Waals surface area contributed by atoms with Crippen LogP contribution in [-0.4, -0.2) is 62.9 Å². The Morgan fingerprint density at radius 1 is 1.24 bits per heavy atom. The van der Waals surface area contributed by atoms with Crippen LogP contribution in [0.2, 0.25) is 0 Å². The van der Waals surface area contributed by atoms with Gasteiger partial charge in [0, 0.05) is 42.8 Å². The molecular weight excluding hydrogens is 511 g/mol. The van der Waals surface area contributed by atoms with Crippen LogP contribution in [-0.2, 0) is 16.0 Å². The maximum Gasteiger partial charge on any atom is 0.389 e. The van der Waals surface area contributed by atoms with E-state index in [1.807, 2.05) is 30.3 Å². The molecule has 0 unspecified atom stereocenters. The van der Waals surface area contributed by atoms with Crippen LogP contribution in [0.1, 0.15) is 34.8 Å². The largest absolute Gasteiger partial charge is 0.389 e. The summed E-state index contributed by atoms with van der Waals surface area (Å²) >= 11 is 1.26. The molecule has 3 N–H and O–H groups in total. The van der Waals surface area contributed by atoms with E-state index in [-0.39, 0.29) is 17.4 Å². The van der Waals surface area contributed by atoms with Crippen molar-refractivity contribution in [3.05, 3.63) is 59.8 Å². The Morgan fingerprint density at radius 3 is 2.73 bits per heavy atom. The molecule has 2 aromatic heterocycles. The summed E-state index contributed by atoms with van der Waals surface area (Å²) < 4.78 is 37.1. The van der Waals surface area contributed by atoms with Crippen molar-refractivity contribution in [3.8, 4) is 0 Å². The average Bonchev–Trinajstić information content (AvgIpc) is 3.29. The molecule has 0 radical (unpaired) electrons. The highest BCUT2D eigenvalue weighted by molar-refractivity contribution is 7.99. The summed E-state index contributed by atoms with van der Waals surface area (Å²) in [6.45, 7) is 0. The van der Waals surface area contributed by atoms with Gasteiger partial charge in [-0.05, 0) is 5.56 Å². The molecule has 14 heteroatoms. The zero-order valence-electron chi connectivity index (χ0n) is 19.5. The van der Waals surface area contributed by atoms with Gasteiger partial charge in [0.1, 0.15) is 17.7 Å². The third-order valence-corrected chi connectivity index (χ3v) is 6.53.